The molecule has 0 spiro atoms. The van der Waals surface area contributed by atoms with Gasteiger partial charge < -0.3 is 20.3 Å². The van der Waals surface area contributed by atoms with E-state index in [4.69, 9.17) is 4.74 Å². The van der Waals surface area contributed by atoms with Crippen LogP contribution in [-0.4, -0.2) is 43.0 Å². The molecule has 2 aromatic carbocycles. The Balaban J connectivity index is 1.54. The summed E-state index contributed by atoms with van der Waals surface area (Å²) in [7, 11) is 1.30. The number of amides is 3. The predicted octanol–water partition coefficient (Wildman–Crippen LogP) is 3.36. The molecule has 0 saturated carbocycles. The third kappa shape index (κ3) is 4.68. The number of carbonyl (C=O) groups excluding carboxylic acids is 3. The van der Waals surface area contributed by atoms with Crippen molar-refractivity contribution in [1.82, 2.24) is 4.90 Å². The quantitative estimate of drug-likeness (QED) is 0.795. The van der Waals surface area contributed by atoms with Gasteiger partial charge in [0, 0.05) is 24.7 Å². The molecule has 1 fully saturated rings. The van der Waals surface area contributed by atoms with Gasteiger partial charge in [0.1, 0.15) is 0 Å². The van der Waals surface area contributed by atoms with Gasteiger partial charge in [0.15, 0.2) is 0 Å². The van der Waals surface area contributed by atoms with E-state index < -0.39 is 5.97 Å². The lowest BCUT2D eigenvalue weighted by molar-refractivity contribution is -0.121. The van der Waals surface area contributed by atoms with E-state index in [-0.39, 0.29) is 17.9 Å². The monoisotopic (exact) mass is 381 g/mol. The van der Waals surface area contributed by atoms with E-state index >= 15 is 0 Å². The highest BCUT2D eigenvalue weighted by molar-refractivity contribution is 6.02. The number of para-hydroxylation sites is 2. The molecule has 1 aliphatic heterocycles. The summed E-state index contributed by atoms with van der Waals surface area (Å²) in [6.07, 6.45) is 1.13. The van der Waals surface area contributed by atoms with Gasteiger partial charge in [-0.3, -0.25) is 4.79 Å². The first kappa shape index (κ1) is 19.4. The fourth-order valence-electron chi connectivity index (χ4n) is 3.18. The molecule has 146 valence electrons. The van der Waals surface area contributed by atoms with Crippen molar-refractivity contribution in [3.05, 3.63) is 60.2 Å². The van der Waals surface area contributed by atoms with Crippen LogP contribution in [0.2, 0.25) is 0 Å². The number of hydrogen-bond acceptors (Lipinski definition) is 4. The minimum absolute atomic E-state index is 0.153. The molecular weight excluding hydrogens is 358 g/mol. The van der Waals surface area contributed by atoms with E-state index in [1.807, 2.05) is 30.3 Å². The Morgan fingerprint density at radius 3 is 2.25 bits per heavy atom. The van der Waals surface area contributed by atoms with Gasteiger partial charge in [-0.25, -0.2) is 9.59 Å². The first-order valence-corrected chi connectivity index (χ1v) is 9.17. The molecule has 2 N–H and O–H groups in total. The number of esters is 1. The number of hydrogen-bond donors (Lipinski definition) is 2. The molecule has 1 heterocycles. The largest absolute Gasteiger partial charge is 0.465 e. The molecule has 0 atom stereocenters. The second-order valence-electron chi connectivity index (χ2n) is 6.58. The average Bonchev–Trinajstić information content (AvgIpc) is 2.74. The number of nitrogens with zero attached hydrogens (tertiary/aromatic N) is 1. The summed E-state index contributed by atoms with van der Waals surface area (Å²) < 4.78 is 4.75. The standard InChI is InChI=1S/C21H23N3O4/c1-28-20(26)17-9-5-6-10-18(17)23-19(25)15-11-13-24(14-12-15)21(27)22-16-7-3-2-4-8-16/h2-10,15H,11-14H2,1H3,(H,22,27)(H,23,25). The highest BCUT2D eigenvalue weighted by Crippen LogP contribution is 2.22. The normalized spacial score (nSPS) is 14.2. The van der Waals surface area contributed by atoms with Gasteiger partial charge in [0.25, 0.3) is 0 Å². The fraction of sp³-hybridized carbons (Fsp3) is 0.286. The van der Waals surface area contributed by atoms with Crippen LogP contribution in [0.4, 0.5) is 16.2 Å². The lowest BCUT2D eigenvalue weighted by atomic mass is 9.96. The Kier molecular flexibility index (Phi) is 6.26. The van der Waals surface area contributed by atoms with Gasteiger partial charge in [0.05, 0.1) is 18.4 Å². The predicted molar refractivity (Wildman–Crippen MR) is 106 cm³/mol. The summed E-state index contributed by atoms with van der Waals surface area (Å²) in [5.41, 5.74) is 1.49. The van der Waals surface area contributed by atoms with Crippen molar-refractivity contribution in [3.63, 3.8) is 0 Å². The molecule has 2 aromatic rings. The van der Waals surface area contributed by atoms with Crippen LogP contribution in [0.25, 0.3) is 0 Å². The molecule has 0 unspecified atom stereocenters. The third-order valence-electron chi connectivity index (χ3n) is 4.77. The van der Waals surface area contributed by atoms with Gasteiger partial charge in [-0.2, -0.15) is 0 Å². The van der Waals surface area contributed by atoms with Crippen molar-refractivity contribution >= 4 is 29.3 Å². The van der Waals surface area contributed by atoms with E-state index in [1.54, 1.807) is 29.2 Å². The number of rotatable bonds is 4. The first-order valence-electron chi connectivity index (χ1n) is 9.17. The van der Waals surface area contributed by atoms with Crippen LogP contribution < -0.4 is 10.6 Å². The van der Waals surface area contributed by atoms with Gasteiger partial charge in [0.2, 0.25) is 5.91 Å². The number of ether oxygens (including phenoxy) is 1. The highest BCUT2D eigenvalue weighted by atomic mass is 16.5. The van der Waals surface area contributed by atoms with Crippen molar-refractivity contribution in [2.75, 3.05) is 30.8 Å². The maximum atomic E-state index is 12.6. The van der Waals surface area contributed by atoms with Crippen LogP contribution in [0.15, 0.2) is 54.6 Å². The molecule has 1 saturated heterocycles. The summed E-state index contributed by atoms with van der Waals surface area (Å²) in [4.78, 5) is 38.5. The molecule has 3 rings (SSSR count). The highest BCUT2D eigenvalue weighted by Gasteiger charge is 2.28. The Bertz CT molecular complexity index is 846. The van der Waals surface area contributed by atoms with Crippen LogP contribution in [0.1, 0.15) is 23.2 Å². The number of carbonyl (C=O) groups is 3. The zero-order chi connectivity index (χ0) is 19.9. The van der Waals surface area contributed by atoms with Crippen LogP contribution in [-0.2, 0) is 9.53 Å². The number of methoxy groups -OCH3 is 1. The molecule has 0 radical (unpaired) electrons. The lowest BCUT2D eigenvalue weighted by Gasteiger charge is -2.31. The molecule has 0 aromatic heterocycles. The van der Waals surface area contributed by atoms with E-state index in [0.717, 1.165) is 5.69 Å². The molecule has 1 aliphatic rings. The van der Waals surface area contributed by atoms with Gasteiger partial charge >= 0.3 is 12.0 Å². The van der Waals surface area contributed by atoms with E-state index in [2.05, 4.69) is 10.6 Å². The number of benzene rings is 2. The van der Waals surface area contributed by atoms with Crippen LogP contribution in [0.3, 0.4) is 0 Å². The van der Waals surface area contributed by atoms with E-state index in [1.165, 1.54) is 7.11 Å². The Morgan fingerprint density at radius 2 is 1.57 bits per heavy atom. The van der Waals surface area contributed by atoms with Gasteiger partial charge in [-0.15, -0.1) is 0 Å². The molecule has 3 amide bonds. The number of likely N-dealkylation sites (tertiary alicyclic amines) is 1. The smallest absolute Gasteiger partial charge is 0.339 e. The number of anilines is 2. The molecule has 28 heavy (non-hydrogen) atoms. The number of urea groups is 1. The van der Waals surface area contributed by atoms with Crippen molar-refractivity contribution in [1.29, 1.82) is 0 Å². The Hall–Kier alpha value is -3.35. The first-order chi connectivity index (χ1) is 13.6. The van der Waals surface area contributed by atoms with Crippen molar-refractivity contribution in [3.8, 4) is 0 Å². The molecule has 0 aliphatic carbocycles. The summed E-state index contributed by atoms with van der Waals surface area (Å²) >= 11 is 0. The second kappa shape index (κ2) is 9.03. The van der Waals surface area contributed by atoms with Crippen LogP contribution in [0, 0.1) is 5.92 Å². The maximum Gasteiger partial charge on any atom is 0.339 e. The minimum atomic E-state index is -0.497. The molecular formula is C21H23N3O4. The SMILES string of the molecule is COC(=O)c1ccccc1NC(=O)C1CCN(C(=O)Nc2ccccc2)CC1. The van der Waals surface area contributed by atoms with Crippen molar-refractivity contribution in [2.45, 2.75) is 12.8 Å². The topological polar surface area (TPSA) is 87.7 Å². The van der Waals surface area contributed by atoms with Crippen molar-refractivity contribution < 1.29 is 19.1 Å². The molecule has 0 bridgehead atoms. The van der Waals surface area contributed by atoms with Crippen LogP contribution in [0.5, 0.6) is 0 Å². The maximum absolute atomic E-state index is 12.6. The molecule has 7 heteroatoms. The van der Waals surface area contributed by atoms with E-state index in [9.17, 15) is 14.4 Å². The number of nitrogens with one attached hydrogen (secondary N) is 2. The zero-order valence-corrected chi connectivity index (χ0v) is 15.7. The second-order valence-corrected chi connectivity index (χ2v) is 6.58. The van der Waals surface area contributed by atoms with Gasteiger partial charge in [-0.05, 0) is 37.1 Å². The third-order valence-corrected chi connectivity index (χ3v) is 4.77. The summed E-state index contributed by atoms with van der Waals surface area (Å²) in [5.74, 6) is -0.866. The fourth-order valence-corrected chi connectivity index (χ4v) is 3.18. The van der Waals surface area contributed by atoms with E-state index in [0.29, 0.717) is 37.2 Å². The van der Waals surface area contributed by atoms with Gasteiger partial charge in [-0.1, -0.05) is 30.3 Å². The Morgan fingerprint density at radius 1 is 0.929 bits per heavy atom. The molecule has 7 nitrogen and oxygen atoms in total. The lowest BCUT2D eigenvalue weighted by Crippen LogP contribution is -2.43. The minimum Gasteiger partial charge on any atom is -0.465 e. The van der Waals surface area contributed by atoms with Crippen molar-refractivity contribution in [2.24, 2.45) is 5.92 Å². The summed E-state index contributed by atoms with van der Waals surface area (Å²) in [5, 5.41) is 5.68. The average molecular weight is 381 g/mol. The summed E-state index contributed by atoms with van der Waals surface area (Å²) in [6, 6.07) is 15.8. The zero-order valence-electron chi connectivity index (χ0n) is 15.7. The van der Waals surface area contributed by atoms with Crippen LogP contribution >= 0.6 is 0 Å². The Labute approximate surface area is 163 Å². The summed E-state index contributed by atoms with van der Waals surface area (Å²) in [6.45, 7) is 0.991. The number of piperidine rings is 1.